The number of benzene rings is 1. The van der Waals surface area contributed by atoms with E-state index in [0.717, 1.165) is 0 Å². The van der Waals surface area contributed by atoms with E-state index in [0.29, 0.717) is 17.0 Å². The second-order valence-electron chi connectivity index (χ2n) is 4.87. The summed E-state index contributed by atoms with van der Waals surface area (Å²) in [4.78, 5) is 24.4. The van der Waals surface area contributed by atoms with Crippen molar-refractivity contribution in [2.24, 2.45) is 7.05 Å². The van der Waals surface area contributed by atoms with E-state index in [1.807, 2.05) is 6.07 Å². The van der Waals surface area contributed by atoms with Gasteiger partial charge in [-0.25, -0.2) is 4.79 Å². The molecule has 0 aliphatic rings. The number of methoxy groups -OCH3 is 1. The quantitative estimate of drug-likeness (QED) is 0.369. The molecule has 0 atom stereocenters. The van der Waals surface area contributed by atoms with Crippen molar-refractivity contribution in [3.05, 3.63) is 40.7 Å². The fraction of sp³-hybridized carbons (Fsp3) is 0.250. The Morgan fingerprint density at radius 1 is 1.26 bits per heavy atom. The maximum Gasteiger partial charge on any atom is 0.385 e. The van der Waals surface area contributed by atoms with Gasteiger partial charge in [0.05, 0.1) is 30.0 Å². The molecule has 0 fully saturated rings. The average Bonchev–Trinajstić information content (AvgIpc) is 2.79. The van der Waals surface area contributed by atoms with Crippen molar-refractivity contribution in [3.8, 4) is 17.6 Å². The fourth-order valence-corrected chi connectivity index (χ4v) is 2.17. The van der Waals surface area contributed by atoms with Crippen molar-refractivity contribution in [3.63, 3.8) is 0 Å². The molecule has 1 aromatic carbocycles. The minimum Gasteiger partial charge on any atom is -0.493 e. The molecule has 7 nitrogen and oxygen atoms in total. The van der Waals surface area contributed by atoms with Crippen LogP contribution in [0.4, 0.5) is 0 Å². The molecule has 0 unspecified atom stereocenters. The average molecular weight is 313 g/mol. The molecular weight excluding hydrogens is 298 g/mol. The summed E-state index contributed by atoms with van der Waals surface area (Å²) >= 11 is 0. The fourth-order valence-electron chi connectivity index (χ4n) is 2.17. The molecule has 118 valence electrons. The van der Waals surface area contributed by atoms with Crippen LogP contribution < -0.4 is 9.47 Å². The molecule has 2 rings (SSSR count). The van der Waals surface area contributed by atoms with Crippen molar-refractivity contribution < 1.29 is 19.1 Å². The molecule has 23 heavy (non-hydrogen) atoms. The number of rotatable bonds is 4. The van der Waals surface area contributed by atoms with Gasteiger partial charge in [0.2, 0.25) is 0 Å². The third-order valence-electron chi connectivity index (χ3n) is 3.42. The van der Waals surface area contributed by atoms with Crippen LogP contribution in [0.2, 0.25) is 0 Å². The summed E-state index contributed by atoms with van der Waals surface area (Å²) < 4.78 is 11.7. The Balaban J connectivity index is 2.29. The number of nitriles is 1. The van der Waals surface area contributed by atoms with Gasteiger partial charge in [-0.3, -0.25) is 9.48 Å². The summed E-state index contributed by atoms with van der Waals surface area (Å²) in [6, 6.07) is 6.25. The maximum absolute atomic E-state index is 12.3. The van der Waals surface area contributed by atoms with Crippen LogP contribution in [0.25, 0.3) is 0 Å². The molecule has 0 bridgehead atoms. The van der Waals surface area contributed by atoms with Crippen LogP contribution in [0.5, 0.6) is 11.5 Å². The van der Waals surface area contributed by atoms with Gasteiger partial charge in [0.1, 0.15) is 0 Å². The van der Waals surface area contributed by atoms with Crippen molar-refractivity contribution in [2.45, 2.75) is 13.8 Å². The first-order valence-corrected chi connectivity index (χ1v) is 6.73. The van der Waals surface area contributed by atoms with Crippen LogP contribution in [0.3, 0.4) is 0 Å². The molecule has 0 amide bonds. The van der Waals surface area contributed by atoms with E-state index in [2.05, 4.69) is 5.10 Å². The van der Waals surface area contributed by atoms with Gasteiger partial charge in [0.25, 0.3) is 5.78 Å². The van der Waals surface area contributed by atoms with Gasteiger partial charge in [-0.05, 0) is 26.0 Å². The Kier molecular flexibility index (Phi) is 4.46. The van der Waals surface area contributed by atoms with E-state index >= 15 is 0 Å². The largest absolute Gasteiger partial charge is 0.493 e. The van der Waals surface area contributed by atoms with Crippen LogP contribution in [-0.2, 0) is 11.8 Å². The van der Waals surface area contributed by atoms with Crippen LogP contribution in [0, 0.1) is 25.2 Å². The number of ketones is 1. The highest BCUT2D eigenvalue weighted by atomic mass is 16.6. The van der Waals surface area contributed by atoms with Crippen molar-refractivity contribution >= 4 is 11.8 Å². The smallest absolute Gasteiger partial charge is 0.385 e. The minimum atomic E-state index is -1.03. The van der Waals surface area contributed by atoms with Gasteiger partial charge < -0.3 is 9.47 Å². The monoisotopic (exact) mass is 313 g/mol. The Morgan fingerprint density at radius 3 is 2.48 bits per heavy atom. The number of hydrogen-bond donors (Lipinski definition) is 0. The van der Waals surface area contributed by atoms with E-state index in [1.165, 1.54) is 30.0 Å². The molecule has 0 N–H and O–H groups in total. The van der Waals surface area contributed by atoms with E-state index in [4.69, 9.17) is 14.7 Å². The van der Waals surface area contributed by atoms with Crippen molar-refractivity contribution in [1.29, 1.82) is 5.26 Å². The molecule has 0 saturated heterocycles. The zero-order chi connectivity index (χ0) is 17.1. The summed E-state index contributed by atoms with van der Waals surface area (Å²) in [5.74, 6) is -1.54. The SMILES string of the molecule is COc1cc(C#N)ccc1OC(=O)C(=O)c1c(C)nn(C)c1C. The normalized spacial score (nSPS) is 10.0. The number of carbonyl (C=O) groups is 2. The second kappa shape index (κ2) is 6.32. The molecule has 2 aromatic rings. The molecule has 0 spiro atoms. The van der Waals surface area contributed by atoms with Crippen LogP contribution in [0.15, 0.2) is 18.2 Å². The predicted octanol–water partition coefficient (Wildman–Crippen LogP) is 1.71. The van der Waals surface area contributed by atoms with Gasteiger partial charge in [0, 0.05) is 18.8 Å². The van der Waals surface area contributed by atoms with Crippen LogP contribution in [0.1, 0.15) is 27.3 Å². The molecule has 0 radical (unpaired) electrons. The molecule has 0 aliphatic heterocycles. The lowest BCUT2D eigenvalue weighted by atomic mass is 10.1. The molecule has 0 aliphatic carbocycles. The van der Waals surface area contributed by atoms with Crippen LogP contribution >= 0.6 is 0 Å². The molecule has 7 heteroatoms. The number of nitrogens with zero attached hydrogens (tertiary/aromatic N) is 3. The Labute approximate surface area is 133 Å². The van der Waals surface area contributed by atoms with Gasteiger partial charge in [-0.2, -0.15) is 10.4 Å². The lowest BCUT2D eigenvalue weighted by molar-refractivity contribution is -0.129. The first kappa shape index (κ1) is 16.2. The summed E-state index contributed by atoms with van der Waals surface area (Å²) in [5, 5.41) is 13.0. The molecule has 1 aromatic heterocycles. The number of hydrogen-bond acceptors (Lipinski definition) is 6. The van der Waals surface area contributed by atoms with Gasteiger partial charge in [-0.1, -0.05) is 0 Å². The third-order valence-corrected chi connectivity index (χ3v) is 3.42. The van der Waals surface area contributed by atoms with E-state index < -0.39 is 11.8 Å². The number of carbonyl (C=O) groups excluding carboxylic acids is 2. The Hall–Kier alpha value is -3.14. The summed E-state index contributed by atoms with van der Waals surface area (Å²) in [6.45, 7) is 3.35. The summed E-state index contributed by atoms with van der Waals surface area (Å²) in [7, 11) is 3.07. The first-order valence-electron chi connectivity index (χ1n) is 6.73. The highest BCUT2D eigenvalue weighted by molar-refractivity contribution is 6.41. The van der Waals surface area contributed by atoms with Gasteiger partial charge in [-0.15, -0.1) is 0 Å². The Bertz CT molecular complexity index is 831. The lowest BCUT2D eigenvalue weighted by Crippen LogP contribution is -2.22. The van der Waals surface area contributed by atoms with Gasteiger partial charge in [0.15, 0.2) is 11.5 Å². The van der Waals surface area contributed by atoms with Gasteiger partial charge >= 0.3 is 5.97 Å². The molecular formula is C16H15N3O4. The third kappa shape index (κ3) is 3.06. The topological polar surface area (TPSA) is 94.2 Å². The standard InChI is InChI=1S/C16H15N3O4/c1-9-14(10(2)19(3)18-9)15(20)16(21)23-12-6-5-11(8-17)7-13(12)22-4/h5-7H,1-4H3. The zero-order valence-corrected chi connectivity index (χ0v) is 13.2. The summed E-state index contributed by atoms with van der Waals surface area (Å²) in [5.41, 5.74) is 1.62. The van der Waals surface area contributed by atoms with Crippen LogP contribution in [-0.4, -0.2) is 28.6 Å². The number of esters is 1. The number of ether oxygens (including phenoxy) is 2. The minimum absolute atomic E-state index is 0.0732. The van der Waals surface area contributed by atoms with E-state index in [1.54, 1.807) is 20.9 Å². The highest BCUT2D eigenvalue weighted by Crippen LogP contribution is 2.28. The van der Waals surface area contributed by atoms with Crippen molar-refractivity contribution in [2.75, 3.05) is 7.11 Å². The number of Topliss-reactive ketones (excluding diaryl/α,β-unsaturated/α-hetero) is 1. The summed E-state index contributed by atoms with van der Waals surface area (Å²) in [6.07, 6.45) is 0. The number of aryl methyl sites for hydroxylation is 2. The lowest BCUT2D eigenvalue weighted by Gasteiger charge is -2.09. The maximum atomic E-state index is 12.3. The predicted molar refractivity (Wildman–Crippen MR) is 80.4 cm³/mol. The van der Waals surface area contributed by atoms with E-state index in [9.17, 15) is 9.59 Å². The second-order valence-corrected chi connectivity index (χ2v) is 4.87. The molecule has 1 heterocycles. The first-order chi connectivity index (χ1) is 10.9. The van der Waals surface area contributed by atoms with Crippen molar-refractivity contribution in [1.82, 2.24) is 9.78 Å². The Morgan fingerprint density at radius 2 is 1.96 bits per heavy atom. The highest BCUT2D eigenvalue weighted by Gasteiger charge is 2.26. The zero-order valence-electron chi connectivity index (χ0n) is 13.2. The number of aromatic nitrogens is 2. The van der Waals surface area contributed by atoms with E-state index in [-0.39, 0.29) is 17.1 Å². The molecule has 0 saturated carbocycles.